The summed E-state index contributed by atoms with van der Waals surface area (Å²) in [4.78, 5) is 0. The lowest BCUT2D eigenvalue weighted by molar-refractivity contribution is 1.78. The van der Waals surface area contributed by atoms with Crippen molar-refractivity contribution in [2.75, 3.05) is 0 Å². The molecule has 0 saturated heterocycles. The Balaban J connectivity index is 0.000000119. The van der Waals surface area contributed by atoms with Crippen molar-refractivity contribution < 1.29 is 0 Å². The minimum Gasteiger partial charge on any atom is -0.0610 e. The lowest BCUT2D eigenvalue weighted by Gasteiger charge is -2.20. The molecule has 0 nitrogen and oxygen atoms in total. The fraction of sp³-hybridized carbons (Fsp3) is 0. The Hall–Kier alpha value is -5.20. The van der Waals surface area contributed by atoms with E-state index in [1.807, 2.05) is 0 Å². The van der Waals surface area contributed by atoms with E-state index in [1.165, 1.54) is 97.0 Å². The van der Waals surface area contributed by atoms with Crippen molar-refractivity contribution in [3.05, 3.63) is 133 Å². The maximum absolute atomic E-state index is 2.27. The fourth-order valence-corrected chi connectivity index (χ4v) is 7.56. The minimum absolute atomic E-state index is 1.34. The largest absolute Gasteiger partial charge is 0.0610 e. The molecular weight excluding hydrogens is 480 g/mol. The van der Waals surface area contributed by atoms with Crippen LogP contribution in [0.15, 0.2) is 133 Å². The lowest BCUT2D eigenvalue weighted by Crippen LogP contribution is -1.91. The third-order valence-electron chi connectivity index (χ3n) is 9.28. The molecule has 11 rings (SSSR count). The van der Waals surface area contributed by atoms with Gasteiger partial charge < -0.3 is 0 Å². The van der Waals surface area contributed by atoms with Gasteiger partial charge in [0.1, 0.15) is 0 Å². The van der Waals surface area contributed by atoms with Crippen molar-refractivity contribution in [2.45, 2.75) is 0 Å². The lowest BCUT2D eigenvalue weighted by atomic mass is 9.83. The third kappa shape index (κ3) is 2.52. The van der Waals surface area contributed by atoms with Crippen molar-refractivity contribution in [3.63, 3.8) is 0 Å². The quantitative estimate of drug-likeness (QED) is 0.143. The number of hydrogen-bond acceptors (Lipinski definition) is 0. The van der Waals surface area contributed by atoms with Crippen LogP contribution in [-0.2, 0) is 0 Å². The Morgan fingerprint density at radius 2 is 0.300 bits per heavy atom. The molecule has 0 radical (unpaired) electrons. The van der Waals surface area contributed by atoms with Gasteiger partial charge in [0.2, 0.25) is 0 Å². The Kier molecular flexibility index (Phi) is 3.76. The Morgan fingerprint density at radius 1 is 0.150 bits per heavy atom. The first-order valence-electron chi connectivity index (χ1n) is 14.0. The van der Waals surface area contributed by atoms with E-state index in [0.717, 1.165) is 0 Å². The fourth-order valence-electron chi connectivity index (χ4n) is 7.56. The van der Waals surface area contributed by atoms with Crippen LogP contribution in [0.5, 0.6) is 0 Å². The van der Waals surface area contributed by atoms with Gasteiger partial charge in [-0.15, -0.1) is 0 Å². The smallest absolute Gasteiger partial charge is 0.00139 e. The molecule has 0 heteroatoms. The summed E-state index contributed by atoms with van der Waals surface area (Å²) in [6, 6.07) is 49.1. The van der Waals surface area contributed by atoms with Crippen LogP contribution in [0.3, 0.4) is 0 Å². The van der Waals surface area contributed by atoms with E-state index in [0.29, 0.717) is 0 Å². The van der Waals surface area contributed by atoms with Gasteiger partial charge in [-0.25, -0.2) is 0 Å². The van der Waals surface area contributed by atoms with E-state index in [1.54, 1.807) is 0 Å². The molecule has 11 aromatic carbocycles. The van der Waals surface area contributed by atoms with Gasteiger partial charge in [0.05, 0.1) is 0 Å². The van der Waals surface area contributed by atoms with Gasteiger partial charge >= 0.3 is 0 Å². The predicted octanol–water partition coefficient (Wildman–Crippen LogP) is 11.5. The van der Waals surface area contributed by atoms with Crippen molar-refractivity contribution >= 4 is 97.0 Å². The second-order valence-corrected chi connectivity index (χ2v) is 11.3. The Bertz CT molecular complexity index is 2170. The highest BCUT2D eigenvalue weighted by Crippen LogP contribution is 2.48. The Morgan fingerprint density at radius 3 is 0.475 bits per heavy atom. The molecule has 0 fully saturated rings. The average molecular weight is 503 g/mol. The highest BCUT2D eigenvalue weighted by molar-refractivity contribution is 6.44. The molecule has 0 heterocycles. The van der Waals surface area contributed by atoms with Crippen LogP contribution >= 0.6 is 0 Å². The summed E-state index contributed by atoms with van der Waals surface area (Å²) in [7, 11) is 0. The molecule has 182 valence electrons. The van der Waals surface area contributed by atoms with Crippen LogP contribution in [0.2, 0.25) is 0 Å². The van der Waals surface area contributed by atoms with E-state index < -0.39 is 0 Å². The number of benzene rings is 11. The summed E-state index contributed by atoms with van der Waals surface area (Å²) < 4.78 is 0. The van der Waals surface area contributed by atoms with Gasteiger partial charge in [0.15, 0.2) is 0 Å². The third-order valence-corrected chi connectivity index (χ3v) is 9.28. The molecule has 0 unspecified atom stereocenters. The zero-order chi connectivity index (χ0) is 25.9. The van der Waals surface area contributed by atoms with Gasteiger partial charge in [0, 0.05) is 0 Å². The van der Waals surface area contributed by atoms with Gasteiger partial charge in [-0.3, -0.25) is 0 Å². The molecule has 0 saturated carbocycles. The number of rotatable bonds is 0. The zero-order valence-electron chi connectivity index (χ0n) is 21.7. The molecule has 40 heavy (non-hydrogen) atoms. The van der Waals surface area contributed by atoms with E-state index in [4.69, 9.17) is 0 Å². The molecule has 0 aliphatic rings. The summed E-state index contributed by atoms with van der Waals surface area (Å²) >= 11 is 0. The molecule has 0 aliphatic carbocycles. The van der Waals surface area contributed by atoms with Crippen LogP contribution in [0.1, 0.15) is 0 Å². The molecule has 0 amide bonds. The summed E-state index contributed by atoms with van der Waals surface area (Å²) in [5, 5.41) is 24.9. The average Bonchev–Trinajstić information content (AvgIpc) is 3.02. The standard InChI is InChI=1S/C24H12.C16H10/c1-2-14-5-6-16-9-11-18-12-10-17-8-7-15-4-3-13(1)19-20(14)22(16)24(18)23(17)21(15)19;1-3-11-7-9-13-5-2-6-14-10-8-12(4-1)15(11)16(13)14/h1-12H;1-10H. The van der Waals surface area contributed by atoms with Gasteiger partial charge in [0.25, 0.3) is 0 Å². The summed E-state index contributed by atoms with van der Waals surface area (Å²) in [6.45, 7) is 0. The summed E-state index contributed by atoms with van der Waals surface area (Å²) in [5.74, 6) is 0. The molecule has 0 bridgehead atoms. The van der Waals surface area contributed by atoms with E-state index >= 15 is 0 Å². The van der Waals surface area contributed by atoms with E-state index in [-0.39, 0.29) is 0 Å². The van der Waals surface area contributed by atoms with Crippen molar-refractivity contribution in [1.82, 2.24) is 0 Å². The van der Waals surface area contributed by atoms with E-state index in [2.05, 4.69) is 133 Å². The maximum atomic E-state index is 2.27. The monoisotopic (exact) mass is 502 g/mol. The molecule has 0 aromatic heterocycles. The second kappa shape index (κ2) is 7.25. The van der Waals surface area contributed by atoms with Crippen LogP contribution in [0, 0.1) is 0 Å². The Labute approximate surface area is 230 Å². The maximum Gasteiger partial charge on any atom is -0.00139 e. The normalized spacial score (nSPS) is 12.5. The summed E-state index contributed by atoms with van der Waals surface area (Å²) in [6.07, 6.45) is 0. The SMILES string of the molecule is c1cc2ccc3ccc4ccc5ccc6ccc1c1c2c3c4c5c61.c1cc2ccc3cccc4ccc(c1)c2c34. The van der Waals surface area contributed by atoms with Crippen molar-refractivity contribution in [2.24, 2.45) is 0 Å². The molecule has 0 spiro atoms. The molecule has 0 N–H and O–H groups in total. The highest BCUT2D eigenvalue weighted by Gasteiger charge is 2.19. The molecule has 11 aromatic rings. The summed E-state index contributed by atoms with van der Waals surface area (Å²) in [5.41, 5.74) is 0. The van der Waals surface area contributed by atoms with Crippen LogP contribution in [-0.4, -0.2) is 0 Å². The first-order valence-corrected chi connectivity index (χ1v) is 14.0. The first kappa shape index (κ1) is 20.7. The first-order chi connectivity index (χ1) is 19.8. The minimum atomic E-state index is 1.34. The van der Waals surface area contributed by atoms with Gasteiger partial charge in [-0.05, 0) is 97.0 Å². The van der Waals surface area contributed by atoms with Crippen molar-refractivity contribution in [1.29, 1.82) is 0 Å². The van der Waals surface area contributed by atoms with Crippen LogP contribution in [0.25, 0.3) is 97.0 Å². The zero-order valence-corrected chi connectivity index (χ0v) is 21.7. The highest BCUT2D eigenvalue weighted by atomic mass is 14.2. The van der Waals surface area contributed by atoms with Gasteiger partial charge in [-0.2, -0.15) is 0 Å². The molecule has 0 aliphatic heterocycles. The van der Waals surface area contributed by atoms with Crippen LogP contribution < -0.4 is 0 Å². The topological polar surface area (TPSA) is 0 Å². The molecular formula is C40H22. The second-order valence-electron chi connectivity index (χ2n) is 11.3. The van der Waals surface area contributed by atoms with Crippen molar-refractivity contribution in [3.8, 4) is 0 Å². The van der Waals surface area contributed by atoms with E-state index in [9.17, 15) is 0 Å². The van der Waals surface area contributed by atoms with Gasteiger partial charge in [-0.1, -0.05) is 133 Å². The predicted molar refractivity (Wildman–Crippen MR) is 175 cm³/mol. The molecule has 0 atom stereocenters. The van der Waals surface area contributed by atoms with Crippen LogP contribution in [0.4, 0.5) is 0 Å². The number of hydrogen-bond donors (Lipinski definition) is 0.